The first-order chi connectivity index (χ1) is 13.1. The molecule has 0 aliphatic heterocycles. The third-order valence-electron chi connectivity index (χ3n) is 5.02. The molecule has 0 fully saturated rings. The smallest absolute Gasteiger partial charge is 0.220 e. The van der Waals surface area contributed by atoms with Gasteiger partial charge in [-0.1, -0.05) is 30.3 Å². The van der Waals surface area contributed by atoms with Crippen molar-refractivity contribution in [2.45, 2.75) is 32.2 Å². The van der Waals surface area contributed by atoms with Crippen molar-refractivity contribution in [3.8, 4) is 0 Å². The Kier molecular flexibility index (Phi) is 4.67. The Hall–Kier alpha value is -3.08. The number of benzene rings is 2. The Morgan fingerprint density at radius 3 is 2.81 bits per heavy atom. The monoisotopic (exact) mass is 360 g/mol. The number of fused-ring (bicyclic) bond motifs is 2. The molecule has 4 rings (SSSR count). The van der Waals surface area contributed by atoms with Crippen LogP contribution in [-0.4, -0.2) is 20.4 Å². The summed E-state index contributed by atoms with van der Waals surface area (Å²) in [4.78, 5) is 20.2. The average molecular weight is 360 g/mol. The number of amides is 1. The third kappa shape index (κ3) is 3.58. The summed E-state index contributed by atoms with van der Waals surface area (Å²) < 4.78 is 2.15. The predicted molar refractivity (Wildman–Crippen MR) is 109 cm³/mol. The fourth-order valence-electron chi connectivity index (χ4n) is 3.62. The summed E-state index contributed by atoms with van der Waals surface area (Å²) >= 11 is 0. The molecule has 0 bridgehead atoms. The van der Waals surface area contributed by atoms with Crippen molar-refractivity contribution in [1.82, 2.24) is 19.9 Å². The van der Waals surface area contributed by atoms with Crippen LogP contribution in [0.4, 0.5) is 0 Å². The van der Waals surface area contributed by atoms with Gasteiger partial charge in [0.2, 0.25) is 5.91 Å². The van der Waals surface area contributed by atoms with Crippen molar-refractivity contribution in [2.24, 2.45) is 7.05 Å². The van der Waals surface area contributed by atoms with Gasteiger partial charge in [-0.2, -0.15) is 0 Å². The first-order valence-electron chi connectivity index (χ1n) is 9.39. The lowest BCUT2D eigenvalue weighted by Crippen LogP contribution is -2.27. The van der Waals surface area contributed by atoms with E-state index in [0.29, 0.717) is 6.42 Å². The topological polar surface area (TPSA) is 62.7 Å². The number of rotatable bonds is 6. The van der Waals surface area contributed by atoms with Crippen LogP contribution in [0.5, 0.6) is 0 Å². The van der Waals surface area contributed by atoms with Crippen LogP contribution in [0, 0.1) is 0 Å². The number of carbonyl (C=O) groups is 1. The van der Waals surface area contributed by atoms with Gasteiger partial charge in [0.25, 0.3) is 0 Å². The van der Waals surface area contributed by atoms with Crippen LogP contribution in [0.15, 0.2) is 54.7 Å². The van der Waals surface area contributed by atoms with E-state index < -0.39 is 0 Å². The Labute approximate surface area is 158 Å². The summed E-state index contributed by atoms with van der Waals surface area (Å²) in [5.41, 5.74) is 4.44. The highest BCUT2D eigenvalue weighted by molar-refractivity contribution is 5.84. The molecule has 1 atom stereocenters. The van der Waals surface area contributed by atoms with Crippen molar-refractivity contribution in [1.29, 1.82) is 0 Å². The Morgan fingerprint density at radius 1 is 1.19 bits per heavy atom. The van der Waals surface area contributed by atoms with E-state index in [1.54, 1.807) is 0 Å². The number of nitrogens with one attached hydrogen (secondary N) is 2. The summed E-state index contributed by atoms with van der Waals surface area (Å²) in [6.45, 7) is 1.96. The molecule has 5 heteroatoms. The van der Waals surface area contributed by atoms with E-state index in [9.17, 15) is 4.79 Å². The molecule has 27 heavy (non-hydrogen) atoms. The van der Waals surface area contributed by atoms with Crippen LogP contribution in [0.1, 0.15) is 37.2 Å². The second kappa shape index (κ2) is 7.27. The van der Waals surface area contributed by atoms with Gasteiger partial charge in [0, 0.05) is 30.6 Å². The number of hydrogen-bond acceptors (Lipinski definition) is 2. The van der Waals surface area contributed by atoms with Gasteiger partial charge < -0.3 is 14.9 Å². The van der Waals surface area contributed by atoms with Gasteiger partial charge in [0.05, 0.1) is 17.1 Å². The van der Waals surface area contributed by atoms with Gasteiger partial charge in [-0.3, -0.25) is 4.79 Å². The second-order valence-electron chi connectivity index (χ2n) is 7.06. The zero-order valence-electron chi connectivity index (χ0n) is 15.7. The van der Waals surface area contributed by atoms with Gasteiger partial charge in [-0.25, -0.2) is 4.98 Å². The van der Waals surface area contributed by atoms with Gasteiger partial charge >= 0.3 is 0 Å². The maximum absolute atomic E-state index is 12.3. The predicted octanol–water partition coefficient (Wildman–Crippen LogP) is 4.25. The van der Waals surface area contributed by atoms with Crippen LogP contribution in [0.25, 0.3) is 21.9 Å². The van der Waals surface area contributed by atoms with Crippen molar-refractivity contribution in [2.75, 3.05) is 0 Å². The van der Waals surface area contributed by atoms with Crippen LogP contribution >= 0.6 is 0 Å². The molecule has 1 amide bonds. The van der Waals surface area contributed by atoms with Crippen molar-refractivity contribution in [3.05, 3.63) is 66.1 Å². The van der Waals surface area contributed by atoms with Gasteiger partial charge in [-0.15, -0.1) is 0 Å². The van der Waals surface area contributed by atoms with Gasteiger partial charge in [-0.05, 0) is 43.5 Å². The SMILES string of the molecule is C[C@@H](NC(=O)CCCc1cn(C)c2ccccc12)c1nc2ccccc2[nH]1. The number of imidazole rings is 1. The minimum atomic E-state index is -0.137. The van der Waals surface area contributed by atoms with Crippen LogP contribution < -0.4 is 5.32 Å². The molecule has 0 aliphatic carbocycles. The number of H-pyrrole nitrogens is 1. The number of hydrogen-bond donors (Lipinski definition) is 2. The van der Waals surface area contributed by atoms with Crippen LogP contribution in [0.3, 0.4) is 0 Å². The van der Waals surface area contributed by atoms with E-state index in [1.165, 1.54) is 16.5 Å². The molecule has 4 aromatic rings. The minimum Gasteiger partial charge on any atom is -0.350 e. The summed E-state index contributed by atoms with van der Waals surface area (Å²) in [7, 11) is 2.06. The Balaban J connectivity index is 1.34. The fourth-order valence-corrected chi connectivity index (χ4v) is 3.62. The van der Waals surface area contributed by atoms with E-state index in [4.69, 9.17) is 0 Å². The zero-order valence-corrected chi connectivity index (χ0v) is 15.7. The lowest BCUT2D eigenvalue weighted by molar-refractivity contribution is -0.121. The zero-order chi connectivity index (χ0) is 18.8. The largest absolute Gasteiger partial charge is 0.350 e. The molecular weight excluding hydrogens is 336 g/mol. The number of aromatic amines is 1. The molecular formula is C22H24N4O. The van der Waals surface area contributed by atoms with Crippen LogP contribution in [-0.2, 0) is 18.3 Å². The van der Waals surface area contributed by atoms with E-state index in [2.05, 4.69) is 57.4 Å². The normalized spacial score (nSPS) is 12.5. The van der Waals surface area contributed by atoms with Crippen molar-refractivity contribution in [3.63, 3.8) is 0 Å². The maximum atomic E-state index is 12.3. The maximum Gasteiger partial charge on any atom is 0.220 e. The van der Waals surface area contributed by atoms with E-state index in [1.807, 2.05) is 31.2 Å². The molecule has 0 spiro atoms. The first kappa shape index (κ1) is 17.3. The molecule has 5 nitrogen and oxygen atoms in total. The van der Waals surface area contributed by atoms with E-state index in [-0.39, 0.29) is 11.9 Å². The van der Waals surface area contributed by atoms with Gasteiger partial charge in [0.15, 0.2) is 0 Å². The first-order valence-corrected chi connectivity index (χ1v) is 9.39. The molecule has 2 aromatic carbocycles. The molecule has 0 radical (unpaired) electrons. The minimum absolute atomic E-state index is 0.0585. The number of nitrogens with zero attached hydrogens (tertiary/aromatic N) is 2. The number of para-hydroxylation sites is 3. The quantitative estimate of drug-likeness (QED) is 0.540. The molecule has 2 heterocycles. The molecule has 138 valence electrons. The molecule has 0 aliphatic rings. The highest BCUT2D eigenvalue weighted by atomic mass is 16.1. The third-order valence-corrected chi connectivity index (χ3v) is 5.02. The average Bonchev–Trinajstić information content (AvgIpc) is 3.24. The molecule has 0 unspecified atom stereocenters. The summed E-state index contributed by atoms with van der Waals surface area (Å²) in [5.74, 6) is 0.849. The Bertz CT molecular complexity index is 1060. The number of aromatic nitrogens is 3. The molecule has 2 N–H and O–H groups in total. The number of aryl methyl sites for hydroxylation is 2. The second-order valence-corrected chi connectivity index (χ2v) is 7.06. The fraction of sp³-hybridized carbons (Fsp3) is 0.273. The molecule has 0 saturated carbocycles. The van der Waals surface area contributed by atoms with Gasteiger partial charge in [0.1, 0.15) is 5.82 Å². The summed E-state index contributed by atoms with van der Waals surface area (Å²) in [5, 5.41) is 4.32. The van der Waals surface area contributed by atoms with Crippen molar-refractivity contribution >= 4 is 27.8 Å². The lowest BCUT2D eigenvalue weighted by atomic mass is 10.1. The van der Waals surface area contributed by atoms with E-state index in [0.717, 1.165) is 29.7 Å². The van der Waals surface area contributed by atoms with Crippen molar-refractivity contribution < 1.29 is 4.79 Å². The molecule has 0 saturated heterocycles. The summed E-state index contributed by atoms with van der Waals surface area (Å²) in [6, 6.07) is 16.1. The molecule has 2 aromatic heterocycles. The lowest BCUT2D eigenvalue weighted by Gasteiger charge is -2.11. The highest BCUT2D eigenvalue weighted by Crippen LogP contribution is 2.22. The number of carbonyl (C=O) groups excluding carboxylic acids is 1. The standard InChI is InChI=1S/C22H24N4O/c1-15(22-24-18-10-4-5-11-19(18)25-22)23-21(27)13-7-8-16-14-26(2)20-12-6-3-9-17(16)20/h3-6,9-12,14-15H,7-8,13H2,1-2H3,(H,23,27)(H,24,25)/t15-/m1/s1. The Morgan fingerprint density at radius 2 is 1.96 bits per heavy atom. The van der Waals surface area contributed by atoms with E-state index >= 15 is 0 Å². The highest BCUT2D eigenvalue weighted by Gasteiger charge is 2.14. The van der Waals surface area contributed by atoms with Crippen LogP contribution in [0.2, 0.25) is 0 Å². The summed E-state index contributed by atoms with van der Waals surface area (Å²) in [6.07, 6.45) is 4.40.